The first kappa shape index (κ1) is 25.9. The van der Waals surface area contributed by atoms with Gasteiger partial charge in [-0.05, 0) is 9.79 Å². The number of hydrogen-bond acceptors (Lipinski definition) is 1. The molecule has 2 aliphatic carbocycles. The third kappa shape index (κ3) is 4.12. The molecule has 2 aliphatic heterocycles. The van der Waals surface area contributed by atoms with Gasteiger partial charge in [0.15, 0.2) is 0 Å². The van der Waals surface area contributed by atoms with E-state index in [1.165, 1.54) is 32.7 Å². The van der Waals surface area contributed by atoms with Crippen molar-refractivity contribution < 1.29 is 51.0 Å². The first-order chi connectivity index (χ1) is 14.2. The number of pyridine rings is 2. The van der Waals surface area contributed by atoms with Crippen LogP contribution in [0.25, 0.3) is 43.8 Å². The van der Waals surface area contributed by atoms with E-state index in [2.05, 4.69) is 115 Å². The first-order valence-corrected chi connectivity index (χ1v) is 11.5. The molecular formula is C24H12Br2Cl2N2SZr. The zero-order chi connectivity index (χ0) is 19.5. The molecule has 4 aliphatic rings. The molecule has 0 saturated heterocycles. The summed E-state index contributed by atoms with van der Waals surface area (Å²) in [6.07, 6.45) is 6.66. The average Bonchev–Trinajstić information content (AvgIpc) is 3.30. The molecule has 2 aromatic carbocycles. The summed E-state index contributed by atoms with van der Waals surface area (Å²) in [6.45, 7) is 0. The molecule has 0 atom stereocenters. The molecule has 0 bridgehead atoms. The molecule has 6 rings (SSSR count). The third-order valence-corrected chi connectivity index (χ3v) is 8.26. The Bertz CT molecular complexity index is 1370. The Kier molecular flexibility index (Phi) is 8.29. The molecular weight excluding hydrogens is 670 g/mol. The minimum atomic E-state index is 0. The topological polar surface area (TPSA) is 31.6 Å². The third-order valence-electron chi connectivity index (χ3n) is 5.29. The number of hydrogen-bond donors (Lipinski definition) is 2. The molecule has 2 aromatic rings. The molecule has 2 nitrogen and oxygen atoms in total. The largest absolute Gasteiger partial charge is 4.00 e. The molecule has 0 fully saturated rings. The van der Waals surface area contributed by atoms with Crippen LogP contribution in [0.5, 0.6) is 0 Å². The fraction of sp³-hybridized carbons (Fsp3) is 0. The number of rotatable bonds is 2. The molecule has 0 radical (unpaired) electrons. The Labute approximate surface area is 238 Å². The second-order valence-electron chi connectivity index (χ2n) is 6.93. The fourth-order valence-corrected chi connectivity index (χ4v) is 6.10. The van der Waals surface area contributed by atoms with Crippen molar-refractivity contribution >= 4 is 65.2 Å². The van der Waals surface area contributed by atoms with Crippen LogP contribution in [0.2, 0.25) is 0 Å². The summed E-state index contributed by atoms with van der Waals surface area (Å²) in [6, 6.07) is 21.4. The number of fused-ring (bicyclic) bond motifs is 6. The predicted molar refractivity (Wildman–Crippen MR) is 127 cm³/mol. The quantitative estimate of drug-likeness (QED) is 0.213. The van der Waals surface area contributed by atoms with Crippen LogP contribution in [-0.4, -0.2) is 9.97 Å². The summed E-state index contributed by atoms with van der Waals surface area (Å²) in [7, 11) is 0. The minimum absolute atomic E-state index is 0. The fourth-order valence-electron chi connectivity index (χ4n) is 3.96. The zero-order valence-electron chi connectivity index (χ0n) is 16.2. The Hall–Kier alpha value is -0.747. The van der Waals surface area contributed by atoms with Gasteiger partial charge in [0, 0.05) is 9.21 Å². The van der Waals surface area contributed by atoms with Crippen LogP contribution in [0, 0.1) is 12.4 Å². The van der Waals surface area contributed by atoms with Crippen molar-refractivity contribution in [3.8, 4) is 22.3 Å². The van der Waals surface area contributed by atoms with Crippen molar-refractivity contribution in [3.63, 3.8) is 0 Å². The summed E-state index contributed by atoms with van der Waals surface area (Å²) in [5.41, 5.74) is 4.59. The maximum absolute atomic E-state index is 3.71. The maximum Gasteiger partial charge on any atom is 4.00 e. The van der Waals surface area contributed by atoms with Gasteiger partial charge in [-0.2, -0.15) is 0 Å². The van der Waals surface area contributed by atoms with Gasteiger partial charge in [-0.25, -0.2) is 0 Å². The second kappa shape index (κ2) is 10.3. The smallest absolute Gasteiger partial charge is 1.00 e. The van der Waals surface area contributed by atoms with Gasteiger partial charge in [0.05, 0.1) is 0 Å². The van der Waals surface area contributed by atoms with E-state index in [-0.39, 0.29) is 51.0 Å². The van der Waals surface area contributed by atoms with Crippen LogP contribution in [-0.2, 0) is 26.2 Å². The van der Waals surface area contributed by atoms with Gasteiger partial charge in [-0.3, -0.25) is 0 Å². The standard InChI is InChI=1S/C24H12Br2N2S.2ClH.Zr/c25-23-21(17-9-13-5-1-3-7-15(13)19(17)11-27-23)29-22-18-10-14-6-2-4-8-16(14)20(18)12-28-24(22)26;;;/h1-10,27-28H;2*1H;/q-2;;;+4/p-2. The van der Waals surface area contributed by atoms with E-state index in [1.54, 1.807) is 11.8 Å². The number of benzene rings is 2. The van der Waals surface area contributed by atoms with Crippen LogP contribution in [0.1, 0.15) is 0 Å². The number of aromatic nitrogens is 2. The zero-order valence-corrected chi connectivity index (χ0v) is 24.2. The monoisotopic (exact) mass is 678 g/mol. The molecule has 2 N–H and O–H groups in total. The number of H-pyrrole nitrogens is 2. The Morgan fingerprint density at radius 1 is 0.656 bits per heavy atom. The van der Waals surface area contributed by atoms with E-state index in [0.717, 1.165) is 30.1 Å². The molecule has 0 spiro atoms. The van der Waals surface area contributed by atoms with Gasteiger partial charge in [0.1, 0.15) is 0 Å². The van der Waals surface area contributed by atoms with Crippen LogP contribution in [0.4, 0.5) is 0 Å². The van der Waals surface area contributed by atoms with Crippen LogP contribution in [0.3, 0.4) is 0 Å². The SMILES string of the molecule is Brc1[nH][c-]c2c3ccccc3cc-2c1Sc1c2cc3ccccc3c-2[c-][nH]c1Br.[Cl-].[Cl-].[Zr+4]. The van der Waals surface area contributed by atoms with Crippen molar-refractivity contribution in [1.82, 2.24) is 9.97 Å². The molecule has 2 heterocycles. The van der Waals surface area contributed by atoms with Gasteiger partial charge in [0.2, 0.25) is 0 Å². The van der Waals surface area contributed by atoms with Gasteiger partial charge in [-0.15, -0.1) is 22.9 Å². The summed E-state index contributed by atoms with van der Waals surface area (Å²) >= 11 is 9.16. The number of aromatic amines is 2. The summed E-state index contributed by atoms with van der Waals surface area (Å²) in [5.74, 6) is 0. The Morgan fingerprint density at radius 2 is 1.06 bits per heavy atom. The molecule has 0 amide bonds. The average molecular weight is 682 g/mol. The molecule has 0 unspecified atom stereocenters. The molecule has 0 saturated carbocycles. The van der Waals surface area contributed by atoms with E-state index < -0.39 is 0 Å². The summed E-state index contributed by atoms with van der Waals surface area (Å²) in [5, 5.41) is 4.88. The van der Waals surface area contributed by atoms with E-state index in [9.17, 15) is 0 Å². The van der Waals surface area contributed by atoms with Crippen molar-refractivity contribution in [2.24, 2.45) is 0 Å². The number of nitrogens with one attached hydrogen (secondary N) is 2. The van der Waals surface area contributed by atoms with Crippen molar-refractivity contribution in [2.75, 3.05) is 0 Å². The number of halogens is 4. The maximum atomic E-state index is 3.71. The molecule has 8 heteroatoms. The van der Waals surface area contributed by atoms with Gasteiger partial charge in [-0.1, -0.05) is 138 Å². The van der Waals surface area contributed by atoms with Gasteiger partial charge in [0.25, 0.3) is 0 Å². The molecule has 156 valence electrons. The Morgan fingerprint density at radius 3 is 1.50 bits per heavy atom. The first-order valence-electron chi connectivity index (χ1n) is 9.10. The van der Waals surface area contributed by atoms with E-state index >= 15 is 0 Å². The van der Waals surface area contributed by atoms with Crippen LogP contribution in [0.15, 0.2) is 79.7 Å². The van der Waals surface area contributed by atoms with Crippen molar-refractivity contribution in [1.29, 1.82) is 0 Å². The van der Waals surface area contributed by atoms with Gasteiger partial charge >= 0.3 is 26.2 Å². The predicted octanol–water partition coefficient (Wildman–Crippen LogP) is 2.14. The summed E-state index contributed by atoms with van der Waals surface area (Å²) in [4.78, 5) is 8.83. The van der Waals surface area contributed by atoms with E-state index in [4.69, 9.17) is 0 Å². The second-order valence-corrected chi connectivity index (χ2v) is 9.54. The summed E-state index contributed by atoms with van der Waals surface area (Å²) < 4.78 is 1.85. The van der Waals surface area contributed by atoms with Crippen LogP contribution < -0.4 is 24.8 Å². The molecule has 32 heavy (non-hydrogen) atoms. The van der Waals surface area contributed by atoms with E-state index in [0.29, 0.717) is 0 Å². The van der Waals surface area contributed by atoms with Crippen LogP contribution >= 0.6 is 43.6 Å². The molecule has 0 aromatic heterocycles. The van der Waals surface area contributed by atoms with Crippen molar-refractivity contribution in [3.05, 3.63) is 82.3 Å². The normalized spacial score (nSPS) is 10.8. The Balaban J connectivity index is 0.000000963. The van der Waals surface area contributed by atoms with Crippen molar-refractivity contribution in [2.45, 2.75) is 9.79 Å². The van der Waals surface area contributed by atoms with Gasteiger partial charge < -0.3 is 34.8 Å². The van der Waals surface area contributed by atoms with E-state index in [1.807, 2.05) is 0 Å². The minimum Gasteiger partial charge on any atom is -1.00 e.